The maximum absolute atomic E-state index is 14.2. The van der Waals surface area contributed by atoms with Crippen LogP contribution in [-0.2, 0) is 15.0 Å². The summed E-state index contributed by atoms with van der Waals surface area (Å²) < 4.78 is 14.2. The van der Waals surface area contributed by atoms with Crippen LogP contribution < -0.4 is 11.1 Å². The number of amides is 2. The number of nitrogens with zero attached hydrogens (tertiary/aromatic N) is 1. The number of carbonyl (C=O) groups is 2. The van der Waals surface area contributed by atoms with E-state index in [0.29, 0.717) is 43.1 Å². The molecule has 1 aromatic rings. The van der Waals surface area contributed by atoms with Gasteiger partial charge in [0.05, 0.1) is 5.41 Å². The summed E-state index contributed by atoms with van der Waals surface area (Å²) in [6, 6.07) is 4.29. The Morgan fingerprint density at radius 1 is 1.44 bits per heavy atom. The van der Waals surface area contributed by atoms with Gasteiger partial charge < -0.3 is 16.0 Å². The summed E-state index contributed by atoms with van der Waals surface area (Å²) in [5.41, 5.74) is 5.85. The molecule has 1 atom stereocenters. The Labute approximate surface area is 151 Å². The fraction of sp³-hybridized carbons (Fsp3) is 0.556. The quantitative estimate of drug-likeness (QED) is 0.753. The molecule has 0 bridgehead atoms. The number of hydrogen-bond donors (Lipinski definition) is 2. The Bertz CT molecular complexity index is 658. The number of nitrogens with two attached hydrogens (primary N) is 1. The van der Waals surface area contributed by atoms with Gasteiger partial charge in [-0.2, -0.15) is 0 Å². The van der Waals surface area contributed by atoms with Crippen molar-refractivity contribution in [3.63, 3.8) is 0 Å². The molecule has 0 radical (unpaired) electrons. The lowest BCUT2D eigenvalue weighted by molar-refractivity contribution is -0.123. The van der Waals surface area contributed by atoms with E-state index in [0.717, 1.165) is 19.3 Å². The largest absolute Gasteiger partial charge is 0.354 e. The first-order chi connectivity index (χ1) is 12.0. The van der Waals surface area contributed by atoms with Crippen LogP contribution in [0.25, 0.3) is 0 Å². The number of benzene rings is 1. The second-order valence-corrected chi connectivity index (χ2v) is 7.50. The number of piperidine rings is 1. The van der Waals surface area contributed by atoms with Crippen LogP contribution in [0.5, 0.6) is 0 Å². The van der Waals surface area contributed by atoms with Gasteiger partial charge in [-0.15, -0.1) is 0 Å². The zero-order chi connectivity index (χ0) is 18.0. The molecule has 1 heterocycles. The molecule has 2 aliphatic rings. The van der Waals surface area contributed by atoms with Gasteiger partial charge >= 0.3 is 0 Å². The third-order valence-corrected chi connectivity index (χ3v) is 5.69. The molecule has 5 nitrogen and oxygen atoms in total. The molecule has 1 aliphatic carbocycles. The summed E-state index contributed by atoms with van der Waals surface area (Å²) in [6.07, 6.45) is 3.80. The molecular formula is C18H23ClFN3O2. The van der Waals surface area contributed by atoms with Crippen molar-refractivity contribution < 1.29 is 14.0 Å². The molecule has 1 saturated carbocycles. The standard InChI is InChI=1S/C18H23ClFN3O2/c19-13-1-2-14(15(20)9-13)18(5-6-18)17(25)22-10-16(21)12-3-7-23(11-24)8-4-12/h1-2,9,11-12,16H,3-8,10,21H2,(H,22,25). The van der Waals surface area contributed by atoms with Crippen molar-refractivity contribution in [2.24, 2.45) is 11.7 Å². The van der Waals surface area contributed by atoms with Gasteiger partial charge in [0.2, 0.25) is 12.3 Å². The second-order valence-electron chi connectivity index (χ2n) is 7.06. The fourth-order valence-electron chi connectivity index (χ4n) is 3.62. The van der Waals surface area contributed by atoms with E-state index in [1.54, 1.807) is 17.0 Å². The van der Waals surface area contributed by atoms with Crippen LogP contribution in [0.15, 0.2) is 18.2 Å². The van der Waals surface area contributed by atoms with E-state index in [-0.39, 0.29) is 17.9 Å². The fourth-order valence-corrected chi connectivity index (χ4v) is 3.78. The minimum Gasteiger partial charge on any atom is -0.354 e. The highest BCUT2D eigenvalue weighted by Crippen LogP contribution is 2.49. The summed E-state index contributed by atoms with van der Waals surface area (Å²) >= 11 is 5.79. The summed E-state index contributed by atoms with van der Waals surface area (Å²) in [5.74, 6) is -0.334. The third kappa shape index (κ3) is 3.80. The van der Waals surface area contributed by atoms with Gasteiger partial charge in [-0.3, -0.25) is 9.59 Å². The van der Waals surface area contributed by atoms with Gasteiger partial charge in [0.15, 0.2) is 0 Å². The van der Waals surface area contributed by atoms with Crippen LogP contribution in [0.3, 0.4) is 0 Å². The van der Waals surface area contributed by atoms with Crippen molar-refractivity contribution in [3.8, 4) is 0 Å². The topological polar surface area (TPSA) is 75.4 Å². The normalized spacial score (nSPS) is 20.8. The molecule has 1 aromatic carbocycles. The molecule has 0 aromatic heterocycles. The molecule has 2 amide bonds. The molecule has 7 heteroatoms. The minimum absolute atomic E-state index is 0.163. The SMILES string of the molecule is NC(CNC(=O)C1(c2ccc(Cl)cc2F)CC1)C1CCN(C=O)CC1. The monoisotopic (exact) mass is 367 g/mol. The Balaban J connectivity index is 1.56. The molecule has 1 saturated heterocycles. The van der Waals surface area contributed by atoms with Crippen molar-refractivity contribution in [2.75, 3.05) is 19.6 Å². The third-order valence-electron chi connectivity index (χ3n) is 5.46. The Morgan fingerprint density at radius 3 is 2.68 bits per heavy atom. The van der Waals surface area contributed by atoms with Crippen LogP contribution in [0.2, 0.25) is 5.02 Å². The van der Waals surface area contributed by atoms with Gasteiger partial charge in [0.1, 0.15) is 5.82 Å². The van der Waals surface area contributed by atoms with Crippen molar-refractivity contribution in [2.45, 2.75) is 37.1 Å². The van der Waals surface area contributed by atoms with Gasteiger partial charge in [-0.25, -0.2) is 4.39 Å². The first-order valence-electron chi connectivity index (χ1n) is 8.65. The smallest absolute Gasteiger partial charge is 0.230 e. The van der Waals surface area contributed by atoms with E-state index in [1.807, 2.05) is 0 Å². The van der Waals surface area contributed by atoms with E-state index in [4.69, 9.17) is 17.3 Å². The molecule has 136 valence electrons. The average Bonchev–Trinajstić information content (AvgIpc) is 3.41. The molecule has 25 heavy (non-hydrogen) atoms. The van der Waals surface area contributed by atoms with Crippen molar-refractivity contribution in [3.05, 3.63) is 34.6 Å². The highest BCUT2D eigenvalue weighted by atomic mass is 35.5. The lowest BCUT2D eigenvalue weighted by Crippen LogP contribution is -2.48. The predicted octanol–water partition coefficient (Wildman–Crippen LogP) is 1.82. The Kier molecular flexibility index (Phi) is 5.29. The lowest BCUT2D eigenvalue weighted by Gasteiger charge is -2.33. The maximum atomic E-state index is 14.2. The summed E-state index contributed by atoms with van der Waals surface area (Å²) in [7, 11) is 0. The second kappa shape index (κ2) is 7.30. The zero-order valence-electron chi connectivity index (χ0n) is 14.0. The van der Waals surface area contributed by atoms with E-state index in [2.05, 4.69) is 5.32 Å². The average molecular weight is 368 g/mol. The van der Waals surface area contributed by atoms with Crippen LogP contribution >= 0.6 is 11.6 Å². The number of hydrogen-bond acceptors (Lipinski definition) is 3. The molecule has 1 aliphatic heterocycles. The lowest BCUT2D eigenvalue weighted by atomic mass is 9.89. The number of carbonyl (C=O) groups excluding carboxylic acids is 2. The molecule has 1 unspecified atom stereocenters. The highest BCUT2D eigenvalue weighted by molar-refractivity contribution is 6.30. The molecule has 3 rings (SSSR count). The van der Waals surface area contributed by atoms with Gasteiger partial charge in [0.25, 0.3) is 0 Å². The summed E-state index contributed by atoms with van der Waals surface area (Å²) in [5, 5.41) is 3.22. The van der Waals surface area contributed by atoms with E-state index >= 15 is 0 Å². The van der Waals surface area contributed by atoms with Crippen LogP contribution in [0, 0.1) is 11.7 Å². The van der Waals surface area contributed by atoms with Crippen molar-refractivity contribution >= 4 is 23.9 Å². The van der Waals surface area contributed by atoms with E-state index in [9.17, 15) is 14.0 Å². The minimum atomic E-state index is -0.782. The van der Waals surface area contributed by atoms with Gasteiger partial charge in [-0.1, -0.05) is 17.7 Å². The van der Waals surface area contributed by atoms with Crippen LogP contribution in [0.1, 0.15) is 31.2 Å². The van der Waals surface area contributed by atoms with Gasteiger partial charge in [-0.05, 0) is 43.7 Å². The summed E-state index contributed by atoms with van der Waals surface area (Å²) in [4.78, 5) is 25.1. The maximum Gasteiger partial charge on any atom is 0.230 e. The van der Waals surface area contributed by atoms with Crippen molar-refractivity contribution in [1.82, 2.24) is 10.2 Å². The summed E-state index contributed by atoms with van der Waals surface area (Å²) in [6.45, 7) is 1.77. The van der Waals surface area contributed by atoms with Crippen LogP contribution in [-0.4, -0.2) is 42.9 Å². The number of nitrogens with one attached hydrogen (secondary N) is 1. The molecule has 3 N–H and O–H groups in total. The highest BCUT2D eigenvalue weighted by Gasteiger charge is 2.52. The molecular weight excluding hydrogens is 345 g/mol. The first kappa shape index (κ1) is 18.1. The predicted molar refractivity (Wildman–Crippen MR) is 93.7 cm³/mol. The molecule has 2 fully saturated rings. The molecule has 0 spiro atoms. The number of rotatable bonds is 6. The number of likely N-dealkylation sites (tertiary alicyclic amines) is 1. The van der Waals surface area contributed by atoms with E-state index in [1.165, 1.54) is 6.07 Å². The number of halogens is 2. The first-order valence-corrected chi connectivity index (χ1v) is 9.03. The Morgan fingerprint density at radius 2 is 2.12 bits per heavy atom. The van der Waals surface area contributed by atoms with Crippen LogP contribution in [0.4, 0.5) is 4.39 Å². The zero-order valence-corrected chi connectivity index (χ0v) is 14.8. The van der Waals surface area contributed by atoms with Gasteiger partial charge in [0, 0.05) is 36.3 Å². The van der Waals surface area contributed by atoms with E-state index < -0.39 is 11.2 Å². The van der Waals surface area contributed by atoms with Crippen molar-refractivity contribution in [1.29, 1.82) is 0 Å². The Hall–Kier alpha value is -1.66.